The van der Waals surface area contributed by atoms with Gasteiger partial charge in [-0.3, -0.25) is 9.36 Å². The maximum atomic E-state index is 13.4. The van der Waals surface area contributed by atoms with Crippen LogP contribution in [0.25, 0.3) is 17.1 Å². The zero-order valence-corrected chi connectivity index (χ0v) is 19.1. The largest absolute Gasteiger partial charge is 0.454 e. The highest BCUT2D eigenvalue weighted by Crippen LogP contribution is 2.34. The lowest BCUT2D eigenvalue weighted by Crippen LogP contribution is -2.28. The minimum atomic E-state index is -0.322. The van der Waals surface area contributed by atoms with E-state index in [-0.39, 0.29) is 30.3 Å². The van der Waals surface area contributed by atoms with Crippen molar-refractivity contribution >= 4 is 17.7 Å². The molecule has 3 aromatic carbocycles. The fourth-order valence-corrected chi connectivity index (χ4v) is 4.40. The standard InChI is InChI=1S/C25H21FN4O3S/c1-16(18-9-12-21-22(13-18)33-15-32-21)27-23(31)14-34-25-29-28-24(17-7-10-19(26)11-8-17)30(25)20-5-3-2-4-6-20/h2-13,16H,14-15H2,1H3,(H,27,31). The van der Waals surface area contributed by atoms with Crippen LogP contribution in [0.5, 0.6) is 11.5 Å². The number of benzene rings is 3. The van der Waals surface area contributed by atoms with E-state index in [2.05, 4.69) is 15.5 Å². The van der Waals surface area contributed by atoms with E-state index in [4.69, 9.17) is 9.47 Å². The lowest BCUT2D eigenvalue weighted by Gasteiger charge is -2.15. The van der Waals surface area contributed by atoms with Gasteiger partial charge in [-0.25, -0.2) is 4.39 Å². The van der Waals surface area contributed by atoms with Gasteiger partial charge in [-0.15, -0.1) is 10.2 Å². The first kappa shape index (κ1) is 22.0. The van der Waals surface area contributed by atoms with Gasteiger partial charge in [0.25, 0.3) is 0 Å². The van der Waals surface area contributed by atoms with Crippen molar-refractivity contribution in [3.05, 3.63) is 84.2 Å². The number of fused-ring (bicyclic) bond motifs is 1. The predicted molar refractivity (Wildman–Crippen MR) is 127 cm³/mol. The summed E-state index contributed by atoms with van der Waals surface area (Å²) in [5, 5.41) is 12.2. The van der Waals surface area contributed by atoms with Gasteiger partial charge < -0.3 is 14.8 Å². The van der Waals surface area contributed by atoms with Crippen LogP contribution >= 0.6 is 11.8 Å². The summed E-state index contributed by atoms with van der Waals surface area (Å²) in [6.07, 6.45) is 0. The van der Waals surface area contributed by atoms with Crippen molar-refractivity contribution < 1.29 is 18.7 Å². The number of rotatable bonds is 7. The van der Waals surface area contributed by atoms with Crippen molar-refractivity contribution in [2.75, 3.05) is 12.5 Å². The molecule has 7 nitrogen and oxygen atoms in total. The number of carbonyl (C=O) groups excluding carboxylic acids is 1. The van der Waals surface area contributed by atoms with Crippen LogP contribution in [0.2, 0.25) is 0 Å². The third-order valence-electron chi connectivity index (χ3n) is 5.36. The van der Waals surface area contributed by atoms with Gasteiger partial charge in [0.2, 0.25) is 12.7 Å². The Labute approximate surface area is 199 Å². The molecule has 0 saturated carbocycles. The molecule has 4 aromatic rings. The Morgan fingerprint density at radius 3 is 2.62 bits per heavy atom. The second-order valence-electron chi connectivity index (χ2n) is 7.67. The summed E-state index contributed by atoms with van der Waals surface area (Å²) in [6.45, 7) is 2.12. The number of thioether (sulfide) groups is 1. The minimum absolute atomic E-state index is 0.138. The molecule has 0 fully saturated rings. The van der Waals surface area contributed by atoms with Crippen LogP contribution in [0.3, 0.4) is 0 Å². The number of hydrogen-bond acceptors (Lipinski definition) is 6. The molecule has 0 radical (unpaired) electrons. The van der Waals surface area contributed by atoms with E-state index in [0.29, 0.717) is 22.5 Å². The molecule has 1 unspecified atom stereocenters. The van der Waals surface area contributed by atoms with Gasteiger partial charge >= 0.3 is 0 Å². The van der Waals surface area contributed by atoms with E-state index in [1.54, 1.807) is 12.1 Å². The Kier molecular flexibility index (Phi) is 6.18. The van der Waals surface area contributed by atoms with Crippen molar-refractivity contribution in [1.29, 1.82) is 0 Å². The topological polar surface area (TPSA) is 78.3 Å². The summed E-state index contributed by atoms with van der Waals surface area (Å²) in [4.78, 5) is 12.7. The number of nitrogens with zero attached hydrogens (tertiary/aromatic N) is 3. The van der Waals surface area contributed by atoms with Crippen LogP contribution in [0.1, 0.15) is 18.5 Å². The van der Waals surface area contributed by atoms with Crippen LogP contribution < -0.4 is 14.8 Å². The van der Waals surface area contributed by atoms with E-state index >= 15 is 0 Å². The highest BCUT2D eigenvalue weighted by molar-refractivity contribution is 7.99. The minimum Gasteiger partial charge on any atom is -0.454 e. The Bertz CT molecular complexity index is 1310. The zero-order chi connectivity index (χ0) is 23.5. The van der Waals surface area contributed by atoms with Crippen molar-refractivity contribution in [3.8, 4) is 28.6 Å². The Morgan fingerprint density at radius 2 is 1.82 bits per heavy atom. The molecule has 172 valence electrons. The number of nitrogens with one attached hydrogen (secondary N) is 1. The average molecular weight is 477 g/mol. The second-order valence-corrected chi connectivity index (χ2v) is 8.62. The first-order chi connectivity index (χ1) is 16.6. The van der Waals surface area contributed by atoms with Crippen LogP contribution in [0.4, 0.5) is 4.39 Å². The molecule has 0 saturated heterocycles. The van der Waals surface area contributed by atoms with Crippen LogP contribution in [-0.2, 0) is 4.79 Å². The van der Waals surface area contributed by atoms with E-state index in [0.717, 1.165) is 16.8 Å². The zero-order valence-electron chi connectivity index (χ0n) is 18.3. The second kappa shape index (κ2) is 9.56. The van der Waals surface area contributed by atoms with E-state index in [1.165, 1.54) is 23.9 Å². The van der Waals surface area contributed by atoms with Gasteiger partial charge in [0, 0.05) is 11.3 Å². The summed E-state index contributed by atoms with van der Waals surface area (Å²) in [5.41, 5.74) is 2.50. The molecular formula is C25H21FN4O3S. The molecule has 1 amide bonds. The predicted octanol–water partition coefficient (Wildman–Crippen LogP) is 4.77. The highest BCUT2D eigenvalue weighted by Gasteiger charge is 2.19. The fraction of sp³-hybridized carbons (Fsp3) is 0.160. The van der Waals surface area contributed by atoms with E-state index in [9.17, 15) is 9.18 Å². The molecule has 5 rings (SSSR count). The quantitative estimate of drug-likeness (QED) is 0.387. The van der Waals surface area contributed by atoms with Gasteiger partial charge in [0.1, 0.15) is 5.82 Å². The van der Waals surface area contributed by atoms with Gasteiger partial charge in [0.05, 0.1) is 11.8 Å². The SMILES string of the molecule is CC(NC(=O)CSc1nnc(-c2ccc(F)cc2)n1-c1ccccc1)c1ccc2c(c1)OCO2. The number of aromatic nitrogens is 3. The number of carbonyl (C=O) groups is 1. The third-order valence-corrected chi connectivity index (χ3v) is 6.29. The summed E-state index contributed by atoms with van der Waals surface area (Å²) in [7, 11) is 0. The first-order valence-electron chi connectivity index (χ1n) is 10.7. The van der Waals surface area contributed by atoms with Gasteiger partial charge in [-0.1, -0.05) is 36.0 Å². The van der Waals surface area contributed by atoms with Gasteiger partial charge in [0.15, 0.2) is 22.5 Å². The van der Waals surface area contributed by atoms with Crippen molar-refractivity contribution in [2.45, 2.75) is 18.1 Å². The van der Waals surface area contributed by atoms with Crippen LogP contribution in [-0.4, -0.2) is 33.2 Å². The van der Waals surface area contributed by atoms with Gasteiger partial charge in [-0.05, 0) is 61.0 Å². The Morgan fingerprint density at radius 1 is 1.06 bits per heavy atom. The highest BCUT2D eigenvalue weighted by atomic mass is 32.2. The maximum Gasteiger partial charge on any atom is 0.231 e. The lowest BCUT2D eigenvalue weighted by atomic mass is 10.1. The Balaban J connectivity index is 1.32. The number of halogens is 1. The summed E-state index contributed by atoms with van der Waals surface area (Å²) < 4.78 is 26.1. The first-order valence-corrected chi connectivity index (χ1v) is 11.7. The molecule has 1 N–H and O–H groups in total. The molecule has 1 aliphatic heterocycles. The molecule has 1 aliphatic rings. The van der Waals surface area contributed by atoms with Crippen LogP contribution in [0.15, 0.2) is 78.0 Å². The Hall–Kier alpha value is -3.85. The van der Waals surface area contributed by atoms with Crippen molar-refractivity contribution in [3.63, 3.8) is 0 Å². The maximum absolute atomic E-state index is 13.4. The molecule has 2 heterocycles. The number of para-hydroxylation sites is 1. The molecule has 0 spiro atoms. The number of amides is 1. The normalized spacial score (nSPS) is 13.0. The fourth-order valence-electron chi connectivity index (χ4n) is 3.64. The lowest BCUT2D eigenvalue weighted by molar-refractivity contribution is -0.119. The number of hydrogen-bond donors (Lipinski definition) is 1. The molecule has 1 aromatic heterocycles. The monoisotopic (exact) mass is 476 g/mol. The summed E-state index contributed by atoms with van der Waals surface area (Å²) in [6, 6.07) is 21.1. The molecule has 0 bridgehead atoms. The van der Waals surface area contributed by atoms with Gasteiger partial charge in [-0.2, -0.15) is 0 Å². The van der Waals surface area contributed by atoms with Crippen molar-refractivity contribution in [1.82, 2.24) is 20.1 Å². The van der Waals surface area contributed by atoms with Crippen molar-refractivity contribution in [2.24, 2.45) is 0 Å². The molecule has 34 heavy (non-hydrogen) atoms. The third kappa shape index (κ3) is 4.60. The number of ether oxygens (including phenoxy) is 2. The smallest absolute Gasteiger partial charge is 0.231 e. The molecule has 0 aliphatic carbocycles. The van der Waals surface area contributed by atoms with E-state index in [1.807, 2.05) is 60.0 Å². The molecular weight excluding hydrogens is 455 g/mol. The molecule has 9 heteroatoms. The molecule has 1 atom stereocenters. The summed E-state index contributed by atoms with van der Waals surface area (Å²) >= 11 is 1.28. The van der Waals surface area contributed by atoms with E-state index < -0.39 is 0 Å². The summed E-state index contributed by atoms with van der Waals surface area (Å²) in [5.74, 6) is 1.65. The average Bonchev–Trinajstić information content (AvgIpc) is 3.50. The van der Waals surface area contributed by atoms with Crippen LogP contribution in [0, 0.1) is 5.82 Å².